The summed E-state index contributed by atoms with van der Waals surface area (Å²) >= 11 is 1.22. The number of hydrogen-bond acceptors (Lipinski definition) is 9. The number of nitrogens with zero attached hydrogens (tertiary/aromatic N) is 2. The molecule has 0 radical (unpaired) electrons. The summed E-state index contributed by atoms with van der Waals surface area (Å²) in [5.74, 6) is -2.15. The molecule has 10 heteroatoms. The number of oxime groups is 1. The third kappa shape index (κ3) is 7.63. The van der Waals surface area contributed by atoms with Gasteiger partial charge >= 0.3 is 11.9 Å². The first-order valence-electron chi connectivity index (χ1n) is 16.7. The summed E-state index contributed by atoms with van der Waals surface area (Å²) in [7, 11) is 0. The minimum absolute atomic E-state index is 0.0334. The number of nitrogens with one attached hydrogen (secondary N) is 1. The predicted octanol–water partition coefficient (Wildman–Crippen LogP) is 9.02. The second kappa shape index (κ2) is 16.1. The van der Waals surface area contributed by atoms with Gasteiger partial charge in [-0.2, -0.15) is 0 Å². The van der Waals surface area contributed by atoms with E-state index >= 15 is 0 Å². The number of esters is 1. The van der Waals surface area contributed by atoms with Gasteiger partial charge in [-0.3, -0.25) is 0 Å². The van der Waals surface area contributed by atoms with Gasteiger partial charge in [0.15, 0.2) is 17.0 Å². The number of carbonyl (C=O) groups excluding carboxylic acids is 1. The summed E-state index contributed by atoms with van der Waals surface area (Å²) in [6, 6.07) is 51.6. The fourth-order valence-corrected chi connectivity index (χ4v) is 6.85. The quantitative estimate of drug-likeness (QED) is 0.0494. The summed E-state index contributed by atoms with van der Waals surface area (Å²) in [6.45, 7) is 0. The number of carbonyl (C=O) groups is 2. The topological polar surface area (TPSA) is 123 Å². The second-order valence-electron chi connectivity index (χ2n) is 11.9. The molecule has 7 rings (SSSR count). The Morgan fingerprint density at radius 3 is 1.64 bits per heavy atom. The highest BCUT2D eigenvalue weighted by Gasteiger charge is 2.38. The normalized spacial score (nSPS) is 12.2. The average Bonchev–Trinajstić information content (AvgIpc) is 3.92. The van der Waals surface area contributed by atoms with Crippen molar-refractivity contribution in [3.8, 4) is 0 Å². The molecule has 262 valence electrons. The number of thiazole rings is 1. The predicted molar refractivity (Wildman–Crippen MR) is 202 cm³/mol. The fraction of sp³-hybridized carbons (Fsp3) is 0.0698. The minimum atomic E-state index is -1.52. The van der Waals surface area contributed by atoms with Gasteiger partial charge in [-0.05, 0) is 39.9 Å². The fourth-order valence-electron chi connectivity index (χ4n) is 6.10. The molecule has 2 aromatic heterocycles. The van der Waals surface area contributed by atoms with Crippen LogP contribution in [-0.2, 0) is 24.7 Å². The molecule has 0 aliphatic heterocycles. The first-order valence-corrected chi connectivity index (χ1v) is 17.6. The molecule has 7 aromatic rings. The maximum Gasteiger partial charge on any atom is 0.360 e. The molecule has 0 saturated carbocycles. The molecule has 2 N–H and O–H groups in total. The summed E-state index contributed by atoms with van der Waals surface area (Å²) in [5, 5.41) is 20.0. The Kier molecular flexibility index (Phi) is 10.5. The zero-order chi connectivity index (χ0) is 36.5. The summed E-state index contributed by atoms with van der Waals surface area (Å²) < 4.78 is 11.6. The van der Waals surface area contributed by atoms with Crippen molar-refractivity contribution in [3.05, 3.63) is 215 Å². The van der Waals surface area contributed by atoms with Crippen molar-refractivity contribution in [1.29, 1.82) is 0 Å². The first kappa shape index (κ1) is 34.7. The molecule has 0 unspecified atom stereocenters. The Bertz CT molecular complexity index is 2130. The third-order valence-electron chi connectivity index (χ3n) is 8.57. The number of anilines is 1. The monoisotopic (exact) mass is 719 g/mol. The van der Waals surface area contributed by atoms with Crippen LogP contribution in [0.2, 0.25) is 0 Å². The van der Waals surface area contributed by atoms with Gasteiger partial charge in [-0.25, -0.2) is 14.6 Å². The van der Waals surface area contributed by atoms with Crippen molar-refractivity contribution in [2.75, 3.05) is 5.32 Å². The highest BCUT2D eigenvalue weighted by atomic mass is 32.1. The van der Waals surface area contributed by atoms with E-state index in [0.29, 0.717) is 5.13 Å². The SMILES string of the molecule is O=C(O)C(=NO[C@@H](C(=O)OC(c1ccccc1)c1ccccc1)c1ccco1)c1csc(NC(c2ccccc2)(c2ccccc2)c2ccccc2)n1. The molecule has 9 nitrogen and oxygen atoms in total. The van der Waals surface area contributed by atoms with E-state index in [1.807, 2.05) is 152 Å². The maximum absolute atomic E-state index is 13.8. The lowest BCUT2D eigenvalue weighted by molar-refractivity contribution is -0.163. The molecule has 0 bridgehead atoms. The number of carboxylic acid groups (broad SMARTS) is 1. The van der Waals surface area contributed by atoms with Crippen LogP contribution in [0.1, 0.15) is 51.5 Å². The van der Waals surface area contributed by atoms with E-state index in [9.17, 15) is 14.7 Å². The van der Waals surface area contributed by atoms with Gasteiger partial charge in [0.2, 0.25) is 5.71 Å². The standard InChI is InChI=1S/C43H33N3O6S/c47-40(48)37(46-52-39(36-27-16-28-50-36)41(49)51-38(30-17-6-1-7-18-30)31-19-8-2-9-20-31)35-29-53-42(44-35)45-43(32-21-10-3-11-22-32,33-23-12-4-13-24-33)34-25-14-5-15-26-34/h1-29,38-39H,(H,44,45)(H,47,48)/t39-/m1/s1. The number of carboxylic acids is 1. The van der Waals surface area contributed by atoms with Crippen LogP contribution in [0.5, 0.6) is 0 Å². The van der Waals surface area contributed by atoms with Gasteiger partial charge in [0.25, 0.3) is 6.10 Å². The van der Waals surface area contributed by atoms with Crippen molar-refractivity contribution in [1.82, 2.24) is 4.98 Å². The Morgan fingerprint density at radius 1 is 0.698 bits per heavy atom. The molecular formula is C43H33N3O6S. The Morgan fingerprint density at radius 2 is 1.19 bits per heavy atom. The summed E-state index contributed by atoms with van der Waals surface area (Å²) in [5.41, 5.74) is 2.96. The average molecular weight is 720 g/mol. The minimum Gasteiger partial charge on any atom is -0.476 e. The molecule has 0 spiro atoms. The highest BCUT2D eigenvalue weighted by Crippen LogP contribution is 2.40. The lowest BCUT2D eigenvalue weighted by atomic mass is 9.77. The van der Waals surface area contributed by atoms with Crippen LogP contribution in [0.3, 0.4) is 0 Å². The Labute approximate surface area is 309 Å². The van der Waals surface area contributed by atoms with Crippen LogP contribution in [0.25, 0.3) is 0 Å². The second-order valence-corrected chi connectivity index (χ2v) is 12.8. The number of hydrogen-bond donors (Lipinski definition) is 2. The molecule has 0 aliphatic rings. The van der Waals surface area contributed by atoms with Crippen molar-refractivity contribution >= 4 is 34.1 Å². The van der Waals surface area contributed by atoms with Crippen molar-refractivity contribution in [2.24, 2.45) is 5.16 Å². The third-order valence-corrected chi connectivity index (χ3v) is 9.33. The van der Waals surface area contributed by atoms with Crippen LogP contribution < -0.4 is 5.32 Å². The number of aromatic nitrogens is 1. The molecule has 5 aromatic carbocycles. The van der Waals surface area contributed by atoms with E-state index in [4.69, 9.17) is 14.0 Å². The molecule has 0 aliphatic carbocycles. The van der Waals surface area contributed by atoms with Gasteiger partial charge < -0.3 is 24.4 Å². The highest BCUT2D eigenvalue weighted by molar-refractivity contribution is 7.14. The van der Waals surface area contributed by atoms with Gasteiger partial charge in [0.05, 0.1) is 6.26 Å². The van der Waals surface area contributed by atoms with Gasteiger partial charge in [0, 0.05) is 5.38 Å². The number of benzene rings is 5. The van der Waals surface area contributed by atoms with Gasteiger partial charge in [-0.1, -0.05) is 157 Å². The van der Waals surface area contributed by atoms with Crippen molar-refractivity contribution in [2.45, 2.75) is 17.7 Å². The molecule has 0 saturated heterocycles. The molecule has 0 fully saturated rings. The number of rotatable bonds is 14. The first-order chi connectivity index (χ1) is 26.0. The Hall–Kier alpha value is -6.78. The molecule has 0 amide bonds. The van der Waals surface area contributed by atoms with E-state index in [0.717, 1.165) is 27.8 Å². The van der Waals surface area contributed by atoms with E-state index in [1.54, 1.807) is 11.4 Å². The zero-order valence-corrected chi connectivity index (χ0v) is 29.0. The Balaban J connectivity index is 1.21. The van der Waals surface area contributed by atoms with E-state index in [-0.39, 0.29) is 11.5 Å². The van der Waals surface area contributed by atoms with Crippen LogP contribution in [0, 0.1) is 0 Å². The summed E-state index contributed by atoms with van der Waals surface area (Å²) in [4.78, 5) is 36.9. The molecule has 1 atom stereocenters. The van der Waals surface area contributed by atoms with E-state index < -0.39 is 35.4 Å². The number of ether oxygens (including phenoxy) is 1. The van der Waals surface area contributed by atoms with Gasteiger partial charge in [-0.15, -0.1) is 11.3 Å². The maximum atomic E-state index is 13.8. The largest absolute Gasteiger partial charge is 0.476 e. The van der Waals surface area contributed by atoms with Crippen LogP contribution >= 0.6 is 11.3 Å². The molecule has 53 heavy (non-hydrogen) atoms. The molecule has 2 heterocycles. The van der Waals surface area contributed by atoms with Crippen LogP contribution in [0.15, 0.2) is 185 Å². The van der Waals surface area contributed by atoms with Crippen molar-refractivity contribution in [3.63, 3.8) is 0 Å². The van der Waals surface area contributed by atoms with E-state index in [1.165, 1.54) is 23.7 Å². The lowest BCUT2D eigenvalue weighted by Crippen LogP contribution is -2.38. The molecular weight excluding hydrogens is 687 g/mol. The smallest absolute Gasteiger partial charge is 0.360 e. The van der Waals surface area contributed by atoms with Gasteiger partial charge in [0.1, 0.15) is 11.2 Å². The zero-order valence-electron chi connectivity index (χ0n) is 28.2. The van der Waals surface area contributed by atoms with Crippen LogP contribution in [-0.4, -0.2) is 27.7 Å². The van der Waals surface area contributed by atoms with Crippen molar-refractivity contribution < 1.29 is 28.7 Å². The number of aliphatic carboxylic acids is 1. The summed E-state index contributed by atoms with van der Waals surface area (Å²) in [6.07, 6.45) is -0.920. The lowest BCUT2D eigenvalue weighted by Gasteiger charge is -2.36. The number of furan rings is 1. The van der Waals surface area contributed by atoms with E-state index in [2.05, 4.69) is 15.5 Å². The van der Waals surface area contributed by atoms with Crippen LogP contribution in [0.4, 0.5) is 5.13 Å².